The monoisotopic (exact) mass is 272 g/mol. The molecule has 0 aromatic rings. The van der Waals surface area contributed by atoms with Crippen molar-refractivity contribution in [2.24, 2.45) is 45.8 Å². The Bertz CT molecular complexity index is 407. The predicted octanol–water partition coefficient (Wildman–Crippen LogP) is 5.67. The largest absolute Gasteiger partial charge is 0.0591 e. The summed E-state index contributed by atoms with van der Waals surface area (Å²) >= 11 is 0. The third-order valence-electron chi connectivity index (χ3n) is 9.52. The van der Waals surface area contributed by atoms with Gasteiger partial charge in [0.25, 0.3) is 0 Å². The Labute approximate surface area is 125 Å². The van der Waals surface area contributed by atoms with Crippen LogP contribution in [0.25, 0.3) is 0 Å². The van der Waals surface area contributed by atoms with Gasteiger partial charge < -0.3 is 0 Å². The normalized spacial score (nSPS) is 62.2. The SMILES string of the molecule is CC12CCC(C(C34CC5CC(CC(C5)C3)C4)C1)C2(C)C. The first kappa shape index (κ1) is 12.5. The van der Waals surface area contributed by atoms with Crippen LogP contribution in [0.3, 0.4) is 0 Å². The Morgan fingerprint density at radius 3 is 1.65 bits per heavy atom. The molecular formula is C20H32. The number of rotatable bonds is 1. The maximum absolute atomic E-state index is 2.63. The molecule has 20 heavy (non-hydrogen) atoms. The zero-order chi connectivity index (χ0) is 13.8. The summed E-state index contributed by atoms with van der Waals surface area (Å²) in [7, 11) is 0. The van der Waals surface area contributed by atoms with E-state index in [0.717, 1.165) is 35.0 Å². The first-order valence-electron chi connectivity index (χ1n) is 9.42. The molecule has 0 aliphatic heterocycles. The lowest BCUT2D eigenvalue weighted by Crippen LogP contribution is -2.51. The second kappa shape index (κ2) is 3.49. The molecule has 0 aromatic heterocycles. The van der Waals surface area contributed by atoms with Crippen molar-refractivity contribution >= 4 is 0 Å². The van der Waals surface area contributed by atoms with Crippen molar-refractivity contribution in [3.63, 3.8) is 0 Å². The number of hydrogen-bond donors (Lipinski definition) is 0. The number of fused-ring (bicyclic) bond motifs is 2. The molecule has 0 radical (unpaired) electrons. The van der Waals surface area contributed by atoms with E-state index in [0.29, 0.717) is 10.8 Å². The van der Waals surface area contributed by atoms with E-state index in [1.807, 2.05) is 0 Å². The van der Waals surface area contributed by atoms with E-state index in [2.05, 4.69) is 20.8 Å². The first-order chi connectivity index (χ1) is 9.42. The number of hydrogen-bond acceptors (Lipinski definition) is 0. The van der Waals surface area contributed by atoms with Gasteiger partial charge in [0.15, 0.2) is 0 Å². The summed E-state index contributed by atoms with van der Waals surface area (Å²) in [5, 5.41) is 0. The van der Waals surface area contributed by atoms with Gasteiger partial charge in [-0.15, -0.1) is 0 Å². The van der Waals surface area contributed by atoms with E-state index >= 15 is 0 Å². The smallest absolute Gasteiger partial charge is 0.0258 e. The van der Waals surface area contributed by atoms with E-state index in [4.69, 9.17) is 0 Å². The van der Waals surface area contributed by atoms with Crippen LogP contribution < -0.4 is 0 Å². The quantitative estimate of drug-likeness (QED) is 0.577. The third kappa shape index (κ3) is 1.31. The Hall–Kier alpha value is 0. The first-order valence-corrected chi connectivity index (χ1v) is 9.42. The fourth-order valence-corrected chi connectivity index (χ4v) is 8.58. The van der Waals surface area contributed by atoms with Gasteiger partial charge in [-0.2, -0.15) is 0 Å². The lowest BCUT2D eigenvalue weighted by atomic mass is 9.45. The summed E-state index contributed by atoms with van der Waals surface area (Å²) in [6.45, 7) is 7.86. The van der Waals surface area contributed by atoms with Gasteiger partial charge in [0.05, 0.1) is 0 Å². The molecule has 112 valence electrons. The molecule has 3 atom stereocenters. The molecule has 6 aliphatic carbocycles. The molecule has 3 unspecified atom stereocenters. The van der Waals surface area contributed by atoms with E-state index in [-0.39, 0.29) is 0 Å². The maximum atomic E-state index is 2.63. The maximum Gasteiger partial charge on any atom is -0.0258 e. The van der Waals surface area contributed by atoms with Crippen molar-refractivity contribution in [2.45, 2.75) is 78.6 Å². The molecule has 0 heteroatoms. The molecule has 0 saturated heterocycles. The van der Waals surface area contributed by atoms with Crippen LogP contribution in [0.4, 0.5) is 0 Å². The molecule has 6 aliphatic rings. The Balaban J connectivity index is 1.53. The highest BCUT2D eigenvalue weighted by Crippen LogP contribution is 2.75. The molecule has 0 heterocycles. The van der Waals surface area contributed by atoms with Crippen molar-refractivity contribution in [2.75, 3.05) is 0 Å². The molecule has 0 aromatic carbocycles. The van der Waals surface area contributed by atoms with Gasteiger partial charge in [0, 0.05) is 0 Å². The topological polar surface area (TPSA) is 0 Å². The Morgan fingerprint density at radius 1 is 0.700 bits per heavy atom. The van der Waals surface area contributed by atoms with Gasteiger partial charge in [0.2, 0.25) is 0 Å². The zero-order valence-corrected chi connectivity index (χ0v) is 13.8. The minimum atomic E-state index is 0.626. The minimum Gasteiger partial charge on any atom is -0.0591 e. The highest BCUT2D eigenvalue weighted by atomic mass is 14.7. The molecule has 6 bridgehead atoms. The Morgan fingerprint density at radius 2 is 1.25 bits per heavy atom. The molecule has 6 saturated carbocycles. The van der Waals surface area contributed by atoms with Crippen molar-refractivity contribution in [3.05, 3.63) is 0 Å². The van der Waals surface area contributed by atoms with Gasteiger partial charge >= 0.3 is 0 Å². The average molecular weight is 272 g/mol. The fourth-order valence-electron chi connectivity index (χ4n) is 8.58. The van der Waals surface area contributed by atoms with E-state index < -0.39 is 0 Å². The summed E-state index contributed by atoms with van der Waals surface area (Å²) < 4.78 is 0. The van der Waals surface area contributed by atoms with Crippen LogP contribution >= 0.6 is 0 Å². The van der Waals surface area contributed by atoms with E-state index in [1.54, 1.807) is 51.4 Å². The lowest BCUT2D eigenvalue weighted by Gasteiger charge is -2.60. The molecule has 0 N–H and O–H groups in total. The highest BCUT2D eigenvalue weighted by molar-refractivity contribution is 5.16. The summed E-state index contributed by atoms with van der Waals surface area (Å²) in [6, 6.07) is 0. The van der Waals surface area contributed by atoms with Crippen molar-refractivity contribution in [1.29, 1.82) is 0 Å². The molecule has 0 spiro atoms. The molecule has 0 nitrogen and oxygen atoms in total. The lowest BCUT2D eigenvalue weighted by molar-refractivity contribution is -0.104. The van der Waals surface area contributed by atoms with Gasteiger partial charge in [-0.05, 0) is 104 Å². The second-order valence-electron chi connectivity index (χ2n) is 10.5. The zero-order valence-electron chi connectivity index (χ0n) is 13.8. The van der Waals surface area contributed by atoms with Crippen LogP contribution in [0, 0.1) is 45.8 Å². The molecular weight excluding hydrogens is 240 g/mol. The van der Waals surface area contributed by atoms with Gasteiger partial charge in [-0.3, -0.25) is 0 Å². The van der Waals surface area contributed by atoms with Gasteiger partial charge in [0.1, 0.15) is 0 Å². The van der Waals surface area contributed by atoms with Gasteiger partial charge in [-0.1, -0.05) is 20.8 Å². The predicted molar refractivity (Wildman–Crippen MR) is 83.3 cm³/mol. The van der Waals surface area contributed by atoms with Crippen LogP contribution in [0.1, 0.15) is 78.6 Å². The fraction of sp³-hybridized carbons (Fsp3) is 1.00. The summed E-state index contributed by atoms with van der Waals surface area (Å²) in [5.41, 5.74) is 2.11. The summed E-state index contributed by atoms with van der Waals surface area (Å²) in [4.78, 5) is 0. The van der Waals surface area contributed by atoms with Crippen molar-refractivity contribution in [1.82, 2.24) is 0 Å². The van der Waals surface area contributed by atoms with Crippen molar-refractivity contribution < 1.29 is 0 Å². The minimum absolute atomic E-state index is 0.626. The van der Waals surface area contributed by atoms with Crippen molar-refractivity contribution in [3.8, 4) is 0 Å². The summed E-state index contributed by atoms with van der Waals surface area (Å²) in [6.07, 6.45) is 14.4. The summed E-state index contributed by atoms with van der Waals surface area (Å²) in [5.74, 6) is 5.57. The molecule has 6 fully saturated rings. The van der Waals surface area contributed by atoms with Crippen LogP contribution in [-0.2, 0) is 0 Å². The molecule has 0 amide bonds. The average Bonchev–Trinajstić information content (AvgIpc) is 2.69. The van der Waals surface area contributed by atoms with Crippen LogP contribution in [0.5, 0.6) is 0 Å². The second-order valence-corrected chi connectivity index (χ2v) is 10.5. The van der Waals surface area contributed by atoms with E-state index in [1.165, 1.54) is 6.42 Å². The van der Waals surface area contributed by atoms with Crippen LogP contribution in [0.15, 0.2) is 0 Å². The van der Waals surface area contributed by atoms with E-state index in [9.17, 15) is 0 Å². The highest BCUT2D eigenvalue weighted by Gasteiger charge is 2.66. The van der Waals surface area contributed by atoms with Crippen LogP contribution in [0.2, 0.25) is 0 Å². The standard InChI is InChI=1S/C20H32/c1-18(2)16-4-5-19(18,3)12-17(16)20-9-13-6-14(10-20)8-15(7-13)11-20/h13-17H,4-12H2,1-3H3. The van der Waals surface area contributed by atoms with Gasteiger partial charge in [-0.25, -0.2) is 0 Å². The third-order valence-corrected chi connectivity index (χ3v) is 9.52. The van der Waals surface area contributed by atoms with Crippen LogP contribution in [-0.4, -0.2) is 0 Å². The molecule has 6 rings (SSSR count). The Kier molecular flexibility index (Phi) is 2.19.